The van der Waals surface area contributed by atoms with Gasteiger partial charge in [-0.1, -0.05) is 50.3 Å². The van der Waals surface area contributed by atoms with Crippen LogP contribution >= 0.6 is 0 Å². The number of fused-ring (bicyclic) bond motifs is 2. The van der Waals surface area contributed by atoms with Crippen molar-refractivity contribution in [2.75, 3.05) is 0 Å². The maximum atomic E-state index is 4.62. The van der Waals surface area contributed by atoms with Crippen molar-refractivity contribution >= 4 is 0 Å². The molecule has 19 heavy (non-hydrogen) atoms. The van der Waals surface area contributed by atoms with Crippen molar-refractivity contribution in [3.05, 3.63) is 47.5 Å². The fourth-order valence-corrected chi connectivity index (χ4v) is 5.29. The van der Waals surface area contributed by atoms with Gasteiger partial charge in [0.25, 0.3) is 0 Å². The molecule has 0 amide bonds. The topological polar surface area (TPSA) is 24.7 Å². The lowest BCUT2D eigenvalue weighted by Gasteiger charge is -2.46. The van der Waals surface area contributed by atoms with Crippen LogP contribution in [0.15, 0.2) is 46.6 Å². The molecule has 1 aliphatic heterocycles. The predicted octanol–water partition coefficient (Wildman–Crippen LogP) is 3.91. The van der Waals surface area contributed by atoms with E-state index in [-0.39, 0.29) is 5.41 Å². The first-order valence-electron chi connectivity index (χ1n) is 7.37. The van der Waals surface area contributed by atoms with Crippen molar-refractivity contribution in [1.82, 2.24) is 0 Å². The lowest BCUT2D eigenvalue weighted by Crippen LogP contribution is -2.39. The number of benzene rings is 1. The molecule has 6 atom stereocenters. The molecule has 0 aromatic heterocycles. The first-order chi connectivity index (χ1) is 9.19. The Labute approximate surface area is 113 Å². The third-order valence-corrected chi connectivity index (χ3v) is 6.08. The van der Waals surface area contributed by atoms with Crippen LogP contribution in [0, 0.1) is 17.3 Å². The Balaban J connectivity index is 1.75. The third kappa shape index (κ3) is 0.990. The van der Waals surface area contributed by atoms with E-state index >= 15 is 0 Å². The number of allylic oxidation sites excluding steroid dienone is 2. The quantitative estimate of drug-likeness (QED) is 0.624. The van der Waals surface area contributed by atoms with Crippen LogP contribution in [0.25, 0.3) is 0 Å². The SMILES string of the molecule is CC1(C)[C@@H]2N=N[C@H]1[C@@H]1[C@H]2[C@H]2C=C[C@@H]1c1ccccc12. The summed E-state index contributed by atoms with van der Waals surface area (Å²) < 4.78 is 0. The second-order valence-corrected chi connectivity index (χ2v) is 7.16. The highest BCUT2D eigenvalue weighted by molar-refractivity contribution is 5.49. The van der Waals surface area contributed by atoms with Crippen molar-refractivity contribution in [3.63, 3.8) is 0 Å². The smallest absolute Gasteiger partial charge is 0.0821 e. The van der Waals surface area contributed by atoms with E-state index in [1.807, 2.05) is 0 Å². The average Bonchev–Trinajstić information content (AvgIpc) is 2.87. The summed E-state index contributed by atoms with van der Waals surface area (Å²) in [5.41, 5.74) is 3.35. The molecule has 1 aromatic rings. The van der Waals surface area contributed by atoms with Crippen LogP contribution in [-0.2, 0) is 0 Å². The largest absolute Gasteiger partial charge is 0.190 e. The summed E-state index contributed by atoms with van der Waals surface area (Å²) in [5, 5.41) is 9.25. The van der Waals surface area contributed by atoms with E-state index in [9.17, 15) is 0 Å². The lowest BCUT2D eigenvalue weighted by atomic mass is 9.59. The van der Waals surface area contributed by atoms with Crippen LogP contribution in [0.4, 0.5) is 0 Å². The number of hydrogen-bond donors (Lipinski definition) is 0. The summed E-state index contributed by atoms with van der Waals surface area (Å²) in [6.07, 6.45) is 4.89. The van der Waals surface area contributed by atoms with Gasteiger partial charge in [-0.05, 0) is 23.0 Å². The zero-order valence-electron chi connectivity index (χ0n) is 11.3. The van der Waals surface area contributed by atoms with E-state index < -0.39 is 0 Å². The Bertz CT molecular complexity index is 577. The van der Waals surface area contributed by atoms with Gasteiger partial charge in [0.05, 0.1) is 12.1 Å². The summed E-state index contributed by atoms with van der Waals surface area (Å²) in [4.78, 5) is 0. The minimum absolute atomic E-state index is 0.250. The highest BCUT2D eigenvalue weighted by Gasteiger charge is 2.65. The van der Waals surface area contributed by atoms with Crippen LogP contribution in [0.5, 0.6) is 0 Å². The molecule has 1 aromatic carbocycles. The number of nitrogens with zero attached hydrogens (tertiary/aromatic N) is 2. The van der Waals surface area contributed by atoms with Gasteiger partial charge in [0.2, 0.25) is 0 Å². The van der Waals surface area contributed by atoms with Gasteiger partial charge in [0.1, 0.15) is 0 Å². The summed E-state index contributed by atoms with van der Waals surface area (Å²) >= 11 is 0. The van der Waals surface area contributed by atoms with Crippen LogP contribution in [0.3, 0.4) is 0 Å². The summed E-state index contributed by atoms with van der Waals surface area (Å²) in [6, 6.07) is 9.86. The van der Waals surface area contributed by atoms with Gasteiger partial charge >= 0.3 is 0 Å². The highest BCUT2D eigenvalue weighted by Crippen LogP contribution is 2.66. The monoisotopic (exact) mass is 250 g/mol. The van der Waals surface area contributed by atoms with Gasteiger partial charge in [0, 0.05) is 17.3 Å². The molecule has 1 saturated carbocycles. The lowest BCUT2D eigenvalue weighted by molar-refractivity contribution is 0.230. The van der Waals surface area contributed by atoms with Crippen molar-refractivity contribution < 1.29 is 0 Å². The van der Waals surface area contributed by atoms with E-state index in [1.54, 1.807) is 11.1 Å². The third-order valence-electron chi connectivity index (χ3n) is 6.08. The van der Waals surface area contributed by atoms with Crippen LogP contribution < -0.4 is 0 Å². The fourth-order valence-electron chi connectivity index (χ4n) is 5.29. The van der Waals surface area contributed by atoms with Gasteiger partial charge < -0.3 is 0 Å². The molecule has 0 spiro atoms. The standard InChI is InChI=1S/C17H18N2/c1-17(2)15-13-11-7-8-12(14(13)16(17)19-18-15)10-6-4-3-5-9(10)11/h3-8,11-16H,1-2H3/t11-,12+,13+,14-,15+,16-. The maximum Gasteiger partial charge on any atom is 0.0821 e. The summed E-state index contributed by atoms with van der Waals surface area (Å²) in [6.45, 7) is 4.73. The number of rotatable bonds is 0. The van der Waals surface area contributed by atoms with Crippen LogP contribution in [0.1, 0.15) is 36.8 Å². The Morgan fingerprint density at radius 1 is 0.842 bits per heavy atom. The number of azo groups is 1. The first kappa shape index (κ1) is 10.4. The van der Waals surface area contributed by atoms with Crippen LogP contribution in [0.2, 0.25) is 0 Å². The normalized spacial score (nSPS) is 46.4. The van der Waals surface area contributed by atoms with Gasteiger partial charge in [-0.2, -0.15) is 10.2 Å². The second-order valence-electron chi connectivity index (χ2n) is 7.16. The Morgan fingerprint density at radius 3 is 1.79 bits per heavy atom. The van der Waals surface area contributed by atoms with E-state index in [2.05, 4.69) is 60.5 Å². The van der Waals surface area contributed by atoms with Crippen molar-refractivity contribution in [1.29, 1.82) is 0 Å². The molecule has 0 N–H and O–H groups in total. The minimum Gasteiger partial charge on any atom is -0.190 e. The van der Waals surface area contributed by atoms with Crippen molar-refractivity contribution in [2.24, 2.45) is 27.5 Å². The van der Waals surface area contributed by atoms with Gasteiger partial charge in [-0.3, -0.25) is 0 Å². The average molecular weight is 250 g/mol. The van der Waals surface area contributed by atoms with Gasteiger partial charge in [-0.25, -0.2) is 0 Å². The molecule has 4 bridgehead atoms. The van der Waals surface area contributed by atoms with E-state index in [0.29, 0.717) is 35.8 Å². The summed E-state index contributed by atoms with van der Waals surface area (Å²) in [7, 11) is 0. The molecule has 1 fully saturated rings. The molecule has 1 heterocycles. The molecule has 0 radical (unpaired) electrons. The predicted molar refractivity (Wildman–Crippen MR) is 74.3 cm³/mol. The van der Waals surface area contributed by atoms with Crippen molar-refractivity contribution in [2.45, 2.75) is 37.8 Å². The van der Waals surface area contributed by atoms with Crippen LogP contribution in [-0.4, -0.2) is 12.1 Å². The zero-order chi connectivity index (χ0) is 12.8. The molecular weight excluding hydrogens is 232 g/mol. The molecule has 5 aliphatic rings. The van der Waals surface area contributed by atoms with Gasteiger partial charge in [0.15, 0.2) is 0 Å². The molecule has 6 rings (SSSR count). The molecule has 2 nitrogen and oxygen atoms in total. The van der Waals surface area contributed by atoms with E-state index in [0.717, 1.165) is 0 Å². The van der Waals surface area contributed by atoms with Crippen molar-refractivity contribution in [3.8, 4) is 0 Å². The molecule has 4 aliphatic carbocycles. The molecule has 96 valence electrons. The number of hydrogen-bond acceptors (Lipinski definition) is 2. The Morgan fingerprint density at radius 2 is 1.32 bits per heavy atom. The fraction of sp³-hybridized carbons (Fsp3) is 0.529. The first-order valence-corrected chi connectivity index (χ1v) is 7.37. The molecular formula is C17H18N2. The molecule has 2 heteroatoms. The second kappa shape index (κ2) is 3.00. The minimum atomic E-state index is 0.250. The Hall–Kier alpha value is -1.44. The van der Waals surface area contributed by atoms with E-state index in [4.69, 9.17) is 0 Å². The van der Waals surface area contributed by atoms with Gasteiger partial charge in [-0.15, -0.1) is 0 Å². The maximum absolute atomic E-state index is 4.62. The Kier molecular flexibility index (Phi) is 1.64. The van der Waals surface area contributed by atoms with E-state index in [1.165, 1.54) is 0 Å². The molecule has 0 saturated heterocycles. The summed E-state index contributed by atoms with van der Waals surface area (Å²) in [5.74, 6) is 2.50. The zero-order valence-corrected chi connectivity index (χ0v) is 11.3. The molecule has 0 unspecified atom stereocenters. The highest BCUT2D eigenvalue weighted by atomic mass is 15.2.